The minimum Gasteiger partial charge on any atom is -0.463 e. The lowest BCUT2D eigenvalue weighted by Crippen LogP contribution is -2.41. The summed E-state index contributed by atoms with van der Waals surface area (Å²) in [6.45, 7) is 7.65. The Bertz CT molecular complexity index is 2430. The topological polar surface area (TPSA) is 162 Å². The molecule has 13 heteroatoms. The molecule has 4 aromatic carbocycles. The quantitative estimate of drug-likeness (QED) is 0.0305. The summed E-state index contributed by atoms with van der Waals surface area (Å²) in [5.74, 6) is -1.31. The normalized spacial score (nSPS) is 16.5. The number of carbonyl (C=O) groups is 6. The number of halogens is 1. The largest absolute Gasteiger partial charge is 0.463 e. The number of hydrogen-bond donors (Lipinski definition) is 3. The number of aliphatic hydroxyl groups excluding tert-OH is 1. The monoisotopic (exact) mass is 960 g/mol. The average Bonchev–Trinajstić information content (AvgIpc) is 3.34. The molecule has 3 N–H and O–H groups in total. The maximum absolute atomic E-state index is 13.3. The van der Waals surface area contributed by atoms with Gasteiger partial charge in [0.1, 0.15) is 0 Å². The number of anilines is 2. The summed E-state index contributed by atoms with van der Waals surface area (Å²) in [7, 11) is 0. The van der Waals surface area contributed by atoms with Crippen molar-refractivity contribution in [1.82, 2.24) is 9.80 Å². The highest BCUT2D eigenvalue weighted by Crippen LogP contribution is 2.37. The summed E-state index contributed by atoms with van der Waals surface area (Å²) in [5, 5.41) is 19.4. The molecule has 2 aliphatic carbocycles. The van der Waals surface area contributed by atoms with E-state index in [0.717, 1.165) is 70.8 Å². The van der Waals surface area contributed by atoms with Crippen molar-refractivity contribution in [2.24, 2.45) is 0 Å². The standard InChI is InChI=1S/C28H34N2O4.C25H32N2O3.C3H3ClO/c1-2-25(31)34-19-10-6-9-18-30-27(32)22-15-11-14-21-24(17-16-23(26(21)22)28(30)33)29-20-12-7-4-3-5-8-13-20;28-17-8-4-7-16-27-24(29)20-13-9-12-19-22(15-14-21(23(19)20)25(27)30)26-18-10-5-2-1-3-6-11-18;1-2-3(4)5/h2,11,14-17,20,29H,1,3-10,12-13,18-19H2;9,12-15,18,26,28H,1-8,10-11,16-17H2;2H,1H2. The molecular weight excluding hydrogens is 892 g/mol. The molecule has 2 fully saturated rings. The highest BCUT2D eigenvalue weighted by molar-refractivity contribution is 6.66. The predicted molar refractivity (Wildman–Crippen MR) is 275 cm³/mol. The molecular formula is C56H69ClN4O8. The van der Waals surface area contributed by atoms with Crippen LogP contribution in [-0.2, 0) is 14.3 Å². The van der Waals surface area contributed by atoms with E-state index in [1.54, 1.807) is 0 Å². The number of amides is 4. The van der Waals surface area contributed by atoms with E-state index >= 15 is 0 Å². The fourth-order valence-electron chi connectivity index (χ4n) is 9.93. The molecule has 8 rings (SSSR count). The van der Waals surface area contributed by atoms with Gasteiger partial charge in [0.15, 0.2) is 0 Å². The van der Waals surface area contributed by atoms with Crippen LogP contribution in [0.5, 0.6) is 0 Å². The lowest BCUT2D eigenvalue weighted by molar-refractivity contribution is -0.137. The van der Waals surface area contributed by atoms with Gasteiger partial charge in [0.2, 0.25) is 5.24 Å². The van der Waals surface area contributed by atoms with Crippen molar-refractivity contribution in [2.45, 2.75) is 141 Å². The fraction of sp³-hybridized carbons (Fsp3) is 0.464. The number of hydrogen-bond acceptors (Lipinski definition) is 10. The molecule has 0 radical (unpaired) electrons. The average molecular weight is 962 g/mol. The minimum atomic E-state index is -0.509. The van der Waals surface area contributed by atoms with Crippen LogP contribution in [0.15, 0.2) is 86.0 Å². The van der Waals surface area contributed by atoms with Gasteiger partial charge in [-0.15, -0.1) is 0 Å². The summed E-state index contributed by atoms with van der Waals surface area (Å²) in [6, 6.07) is 20.1. The van der Waals surface area contributed by atoms with Gasteiger partial charge >= 0.3 is 5.97 Å². The van der Waals surface area contributed by atoms with Crippen LogP contribution >= 0.6 is 11.6 Å². The Balaban J connectivity index is 0.000000208. The zero-order chi connectivity index (χ0) is 49.1. The first-order valence-electron chi connectivity index (χ1n) is 25.2. The lowest BCUT2D eigenvalue weighted by Gasteiger charge is -2.29. The molecule has 69 heavy (non-hydrogen) atoms. The molecule has 0 saturated heterocycles. The molecule has 12 nitrogen and oxygen atoms in total. The highest BCUT2D eigenvalue weighted by atomic mass is 35.5. The zero-order valence-corrected chi connectivity index (χ0v) is 40.8. The van der Waals surface area contributed by atoms with Gasteiger partial charge in [0.25, 0.3) is 23.6 Å². The molecule has 4 aromatic rings. The Morgan fingerprint density at radius 2 is 0.957 bits per heavy atom. The lowest BCUT2D eigenvalue weighted by atomic mass is 9.92. The Morgan fingerprint density at radius 3 is 1.35 bits per heavy atom. The van der Waals surface area contributed by atoms with E-state index in [9.17, 15) is 28.8 Å². The van der Waals surface area contributed by atoms with Crippen molar-refractivity contribution in [2.75, 3.05) is 36.9 Å². The summed E-state index contributed by atoms with van der Waals surface area (Å²) >= 11 is 4.71. The van der Waals surface area contributed by atoms with E-state index < -0.39 is 11.2 Å². The van der Waals surface area contributed by atoms with Crippen LogP contribution in [0.4, 0.5) is 11.4 Å². The third kappa shape index (κ3) is 13.9. The van der Waals surface area contributed by atoms with Crippen molar-refractivity contribution in [1.29, 1.82) is 0 Å². The van der Waals surface area contributed by atoms with Crippen LogP contribution in [0, 0.1) is 0 Å². The van der Waals surface area contributed by atoms with Gasteiger partial charge in [0, 0.05) is 93.0 Å². The summed E-state index contributed by atoms with van der Waals surface area (Å²) in [6.07, 6.45) is 24.0. The highest BCUT2D eigenvalue weighted by Gasteiger charge is 2.34. The Kier molecular flexibility index (Phi) is 20.4. The van der Waals surface area contributed by atoms with Crippen molar-refractivity contribution < 1.29 is 38.6 Å². The number of ether oxygens (including phenoxy) is 1. The first kappa shape index (κ1) is 52.5. The number of nitrogens with one attached hydrogen (secondary N) is 2. The van der Waals surface area contributed by atoms with Crippen LogP contribution in [0.3, 0.4) is 0 Å². The molecule has 4 aliphatic rings. The molecule has 2 aliphatic heterocycles. The van der Waals surface area contributed by atoms with Crippen LogP contribution in [0.2, 0.25) is 0 Å². The molecule has 368 valence electrons. The molecule has 0 bridgehead atoms. The van der Waals surface area contributed by atoms with Crippen molar-refractivity contribution >= 4 is 79.4 Å². The predicted octanol–water partition coefficient (Wildman–Crippen LogP) is 11.9. The number of imide groups is 2. The number of rotatable bonds is 17. The molecule has 0 spiro atoms. The SMILES string of the molecule is C=CC(=O)Cl.C=CC(=O)OCCCCCN1C(=O)c2cccc3c(NC4CCCCCCC4)ccc(c23)C1=O.O=C1c2cccc3c(NC4CCCCCCC4)ccc(c23)C(=O)N1CCCCCO. The van der Waals surface area contributed by atoms with Crippen LogP contribution in [-0.4, -0.2) is 88.1 Å². The zero-order valence-electron chi connectivity index (χ0n) is 40.0. The third-order valence-corrected chi connectivity index (χ3v) is 13.7. The fourth-order valence-corrected chi connectivity index (χ4v) is 9.93. The number of aliphatic hydroxyl groups is 1. The van der Waals surface area contributed by atoms with E-state index in [0.29, 0.717) is 79.7 Å². The Morgan fingerprint density at radius 1 is 0.565 bits per heavy atom. The smallest absolute Gasteiger partial charge is 0.330 e. The molecule has 2 saturated carbocycles. The van der Waals surface area contributed by atoms with E-state index in [1.807, 2.05) is 60.7 Å². The number of carbonyl (C=O) groups excluding carboxylic acids is 6. The molecule has 4 amide bonds. The van der Waals surface area contributed by atoms with Crippen molar-refractivity contribution in [3.8, 4) is 0 Å². The van der Waals surface area contributed by atoms with E-state index in [2.05, 4.69) is 23.8 Å². The number of benzene rings is 4. The van der Waals surface area contributed by atoms with Crippen molar-refractivity contribution in [3.63, 3.8) is 0 Å². The van der Waals surface area contributed by atoms with E-state index in [-0.39, 0.29) is 30.2 Å². The van der Waals surface area contributed by atoms with E-state index in [4.69, 9.17) is 21.4 Å². The van der Waals surface area contributed by atoms with Crippen LogP contribution in [0.25, 0.3) is 21.5 Å². The maximum atomic E-state index is 13.3. The van der Waals surface area contributed by atoms with Gasteiger partial charge in [-0.3, -0.25) is 33.8 Å². The maximum Gasteiger partial charge on any atom is 0.330 e. The molecule has 0 aromatic heterocycles. The van der Waals surface area contributed by atoms with E-state index in [1.165, 1.54) is 86.8 Å². The summed E-state index contributed by atoms with van der Waals surface area (Å²) < 4.78 is 4.98. The molecule has 0 atom stereocenters. The number of nitrogens with zero attached hydrogens (tertiary/aromatic N) is 2. The second-order valence-corrected chi connectivity index (χ2v) is 18.8. The molecule has 0 unspecified atom stereocenters. The number of esters is 1. The second kappa shape index (κ2) is 26.8. The minimum absolute atomic E-state index is 0.140. The number of allylic oxidation sites excluding steroid dienone is 1. The molecule has 2 heterocycles. The summed E-state index contributed by atoms with van der Waals surface area (Å²) in [4.78, 5) is 76.0. The third-order valence-electron chi connectivity index (χ3n) is 13.6. The first-order chi connectivity index (χ1) is 33.6. The Labute approximate surface area is 411 Å². The summed E-state index contributed by atoms with van der Waals surface area (Å²) in [5.41, 5.74) is 4.45. The van der Waals surface area contributed by atoms with Gasteiger partial charge in [-0.25, -0.2) is 4.79 Å². The van der Waals surface area contributed by atoms with Crippen LogP contribution < -0.4 is 10.6 Å². The van der Waals surface area contributed by atoms with Crippen LogP contribution in [0.1, 0.15) is 170 Å². The van der Waals surface area contributed by atoms with Gasteiger partial charge < -0.3 is 20.5 Å². The number of unbranched alkanes of at least 4 members (excludes halogenated alkanes) is 4. The van der Waals surface area contributed by atoms with Gasteiger partial charge in [-0.1, -0.05) is 102 Å². The first-order valence-corrected chi connectivity index (χ1v) is 25.5. The van der Waals surface area contributed by atoms with Gasteiger partial charge in [-0.2, -0.15) is 0 Å². The van der Waals surface area contributed by atoms with Crippen molar-refractivity contribution in [3.05, 3.63) is 108 Å². The van der Waals surface area contributed by atoms with Gasteiger partial charge in [-0.05, 0) is 118 Å². The Hall–Kier alpha value is -5.85. The van der Waals surface area contributed by atoms with Gasteiger partial charge in [0.05, 0.1) is 6.61 Å². The second-order valence-electron chi connectivity index (χ2n) is 18.4.